The predicted octanol–water partition coefficient (Wildman–Crippen LogP) is 4.93. The van der Waals surface area contributed by atoms with Crippen LogP contribution in [0.5, 0.6) is 5.75 Å². The average molecular weight is 442 g/mol. The summed E-state index contributed by atoms with van der Waals surface area (Å²) in [5, 5.41) is 0.525. The molecule has 0 saturated carbocycles. The van der Waals surface area contributed by atoms with Crippen LogP contribution < -0.4 is 10.3 Å². The first-order valence-electron chi connectivity index (χ1n) is 11.0. The largest absolute Gasteiger partial charge is 0.497 e. The molecule has 1 unspecified atom stereocenters. The molecule has 1 amide bonds. The number of hydrogen-bond donors (Lipinski definition) is 0. The summed E-state index contributed by atoms with van der Waals surface area (Å²) in [4.78, 5) is 33.6. The Morgan fingerprint density at radius 3 is 2.33 bits per heavy atom. The molecule has 4 aromatic rings. The molecule has 6 nitrogen and oxygen atoms in total. The second kappa shape index (κ2) is 9.28. The molecule has 0 spiro atoms. The number of ether oxygens (including phenoxy) is 1. The number of fused-ring (bicyclic) bond motifs is 1. The number of aryl methyl sites for hydroxylation is 1. The molecule has 33 heavy (non-hydrogen) atoms. The molecule has 3 aromatic carbocycles. The third-order valence-electron chi connectivity index (χ3n) is 5.87. The Balaban J connectivity index is 1.87. The van der Waals surface area contributed by atoms with Crippen molar-refractivity contribution in [3.05, 3.63) is 100 Å². The number of carbonyl (C=O) groups excluding carboxylic acids is 1. The second-order valence-corrected chi connectivity index (χ2v) is 7.96. The standard InChI is InChI=1S/C27H27N3O3/c1-5-29(26(31)20-12-10-18(2)11-13-20)19(3)25-28-24-9-7-6-8-23(24)27(32)30(25)21-14-16-22(33-4)17-15-21/h6-17,19H,5H2,1-4H3. The van der Waals surface area contributed by atoms with E-state index in [2.05, 4.69) is 0 Å². The maximum absolute atomic E-state index is 13.6. The summed E-state index contributed by atoms with van der Waals surface area (Å²) in [6.45, 7) is 6.30. The highest BCUT2D eigenvalue weighted by Gasteiger charge is 2.26. The van der Waals surface area contributed by atoms with E-state index in [-0.39, 0.29) is 11.5 Å². The molecule has 1 atom stereocenters. The van der Waals surface area contributed by atoms with Crippen LogP contribution in [0.25, 0.3) is 16.6 Å². The molecule has 0 N–H and O–H groups in total. The zero-order valence-corrected chi connectivity index (χ0v) is 19.3. The minimum absolute atomic E-state index is 0.103. The van der Waals surface area contributed by atoms with E-state index in [0.717, 1.165) is 5.56 Å². The van der Waals surface area contributed by atoms with Crippen LogP contribution >= 0.6 is 0 Å². The van der Waals surface area contributed by atoms with E-state index in [0.29, 0.717) is 40.3 Å². The van der Waals surface area contributed by atoms with Crippen molar-refractivity contribution in [2.45, 2.75) is 26.8 Å². The van der Waals surface area contributed by atoms with Gasteiger partial charge < -0.3 is 9.64 Å². The normalized spacial score (nSPS) is 11.9. The van der Waals surface area contributed by atoms with Crippen LogP contribution in [0.1, 0.15) is 41.6 Å². The smallest absolute Gasteiger partial charge is 0.266 e. The highest BCUT2D eigenvalue weighted by Crippen LogP contribution is 2.25. The summed E-state index contributed by atoms with van der Waals surface area (Å²) >= 11 is 0. The lowest BCUT2D eigenvalue weighted by molar-refractivity contribution is 0.0693. The lowest BCUT2D eigenvalue weighted by Gasteiger charge is -2.29. The second-order valence-electron chi connectivity index (χ2n) is 7.96. The lowest BCUT2D eigenvalue weighted by Crippen LogP contribution is -2.37. The van der Waals surface area contributed by atoms with E-state index in [4.69, 9.17) is 9.72 Å². The van der Waals surface area contributed by atoms with E-state index >= 15 is 0 Å². The fourth-order valence-corrected chi connectivity index (χ4v) is 4.01. The van der Waals surface area contributed by atoms with Crippen LogP contribution in [-0.2, 0) is 0 Å². The highest BCUT2D eigenvalue weighted by molar-refractivity contribution is 5.94. The summed E-state index contributed by atoms with van der Waals surface area (Å²) in [7, 11) is 1.60. The van der Waals surface area contributed by atoms with Gasteiger partial charge in [0.25, 0.3) is 11.5 Å². The Labute approximate surface area is 193 Å². The number of benzene rings is 3. The van der Waals surface area contributed by atoms with Crippen molar-refractivity contribution in [3.63, 3.8) is 0 Å². The molecule has 0 fully saturated rings. The molecule has 4 rings (SSSR count). The number of methoxy groups -OCH3 is 1. The topological polar surface area (TPSA) is 64.4 Å². The van der Waals surface area contributed by atoms with Gasteiger partial charge in [0.05, 0.1) is 29.7 Å². The summed E-state index contributed by atoms with van der Waals surface area (Å²) in [5.41, 5.74) is 2.79. The van der Waals surface area contributed by atoms with Crippen LogP contribution in [0.15, 0.2) is 77.6 Å². The Hall–Kier alpha value is -3.93. The van der Waals surface area contributed by atoms with Crippen LogP contribution in [0.3, 0.4) is 0 Å². The van der Waals surface area contributed by atoms with Crippen LogP contribution in [0.4, 0.5) is 0 Å². The molecule has 0 aliphatic rings. The van der Waals surface area contributed by atoms with Crippen molar-refractivity contribution < 1.29 is 9.53 Å². The number of nitrogens with zero attached hydrogens (tertiary/aromatic N) is 3. The quantitative estimate of drug-likeness (QED) is 0.426. The molecule has 1 heterocycles. The Bertz CT molecular complexity index is 1340. The predicted molar refractivity (Wildman–Crippen MR) is 130 cm³/mol. The van der Waals surface area contributed by atoms with Gasteiger partial charge in [-0.05, 0) is 69.3 Å². The molecule has 0 bridgehead atoms. The highest BCUT2D eigenvalue weighted by atomic mass is 16.5. The summed E-state index contributed by atoms with van der Waals surface area (Å²) < 4.78 is 6.87. The van der Waals surface area contributed by atoms with E-state index in [1.807, 2.05) is 75.4 Å². The Morgan fingerprint density at radius 1 is 1.03 bits per heavy atom. The van der Waals surface area contributed by atoms with Crippen molar-refractivity contribution in [2.75, 3.05) is 13.7 Å². The minimum atomic E-state index is -0.441. The van der Waals surface area contributed by atoms with Gasteiger partial charge in [-0.1, -0.05) is 29.8 Å². The van der Waals surface area contributed by atoms with Gasteiger partial charge in [0, 0.05) is 12.1 Å². The maximum atomic E-state index is 13.6. The summed E-state index contributed by atoms with van der Waals surface area (Å²) in [6, 6.07) is 21.6. The molecule has 0 aliphatic heterocycles. The van der Waals surface area contributed by atoms with Crippen molar-refractivity contribution in [1.29, 1.82) is 0 Å². The number of rotatable bonds is 6. The third-order valence-corrected chi connectivity index (χ3v) is 5.87. The summed E-state index contributed by atoms with van der Waals surface area (Å²) in [6.07, 6.45) is 0. The van der Waals surface area contributed by atoms with Crippen LogP contribution in [-0.4, -0.2) is 34.0 Å². The first kappa shape index (κ1) is 22.3. The average Bonchev–Trinajstić information content (AvgIpc) is 2.85. The van der Waals surface area contributed by atoms with Gasteiger partial charge in [0.1, 0.15) is 11.6 Å². The van der Waals surface area contributed by atoms with Crippen molar-refractivity contribution in [2.24, 2.45) is 0 Å². The van der Waals surface area contributed by atoms with Crippen molar-refractivity contribution >= 4 is 16.8 Å². The number of hydrogen-bond acceptors (Lipinski definition) is 4. The van der Waals surface area contributed by atoms with Gasteiger partial charge in [0.2, 0.25) is 0 Å². The minimum Gasteiger partial charge on any atom is -0.497 e. The Morgan fingerprint density at radius 2 is 1.70 bits per heavy atom. The lowest BCUT2D eigenvalue weighted by atomic mass is 10.1. The third kappa shape index (κ3) is 4.24. The Kier molecular flexibility index (Phi) is 6.27. The van der Waals surface area contributed by atoms with Crippen molar-refractivity contribution in [1.82, 2.24) is 14.5 Å². The van der Waals surface area contributed by atoms with Crippen LogP contribution in [0, 0.1) is 6.92 Å². The van der Waals surface area contributed by atoms with Gasteiger partial charge >= 0.3 is 0 Å². The first-order chi connectivity index (χ1) is 15.9. The number of aromatic nitrogens is 2. The maximum Gasteiger partial charge on any atom is 0.266 e. The fraction of sp³-hybridized carbons (Fsp3) is 0.222. The SMILES string of the molecule is CCN(C(=O)c1ccc(C)cc1)C(C)c1nc2ccccc2c(=O)n1-c1ccc(OC)cc1. The zero-order chi connectivity index (χ0) is 23.5. The monoisotopic (exact) mass is 441 g/mol. The van der Waals surface area contributed by atoms with E-state index < -0.39 is 6.04 Å². The fourth-order valence-electron chi connectivity index (χ4n) is 4.01. The molecule has 1 aromatic heterocycles. The van der Waals surface area contributed by atoms with E-state index in [1.165, 1.54) is 0 Å². The first-order valence-corrected chi connectivity index (χ1v) is 11.0. The van der Waals surface area contributed by atoms with Gasteiger partial charge in [0.15, 0.2) is 0 Å². The summed E-state index contributed by atoms with van der Waals surface area (Å²) in [5.74, 6) is 1.10. The van der Waals surface area contributed by atoms with Crippen molar-refractivity contribution in [3.8, 4) is 11.4 Å². The van der Waals surface area contributed by atoms with Gasteiger partial charge in [-0.2, -0.15) is 0 Å². The molecular weight excluding hydrogens is 414 g/mol. The van der Waals surface area contributed by atoms with Gasteiger partial charge in [-0.3, -0.25) is 14.2 Å². The number of amides is 1. The molecule has 168 valence electrons. The molecule has 6 heteroatoms. The van der Waals surface area contributed by atoms with E-state index in [9.17, 15) is 9.59 Å². The molecule has 0 saturated heterocycles. The molecule has 0 aliphatic carbocycles. The number of para-hydroxylation sites is 1. The van der Waals surface area contributed by atoms with E-state index in [1.54, 1.807) is 34.8 Å². The zero-order valence-electron chi connectivity index (χ0n) is 19.3. The molecular formula is C27H27N3O3. The van der Waals surface area contributed by atoms with Gasteiger partial charge in [-0.25, -0.2) is 4.98 Å². The molecule has 0 radical (unpaired) electrons. The van der Waals surface area contributed by atoms with Gasteiger partial charge in [-0.15, -0.1) is 0 Å². The number of carbonyl (C=O) groups is 1. The van der Waals surface area contributed by atoms with Crippen LogP contribution in [0.2, 0.25) is 0 Å².